The number of aromatic carboxylic acids is 1. The van der Waals surface area contributed by atoms with Gasteiger partial charge in [0, 0.05) is 31.2 Å². The predicted octanol–water partition coefficient (Wildman–Crippen LogP) is 1.22. The number of aromatic nitrogens is 1. The maximum atomic E-state index is 11.2. The zero-order chi connectivity index (χ0) is 15.7. The van der Waals surface area contributed by atoms with E-state index in [4.69, 9.17) is 5.11 Å². The number of nitro groups is 1. The van der Waals surface area contributed by atoms with Crippen LogP contribution in [0.15, 0.2) is 12.3 Å². The number of rotatable bonds is 3. The van der Waals surface area contributed by atoms with Crippen molar-refractivity contribution >= 4 is 17.5 Å². The Morgan fingerprint density at radius 1 is 1.43 bits per heavy atom. The van der Waals surface area contributed by atoms with Crippen LogP contribution in [0.4, 0.5) is 11.5 Å². The molecule has 0 spiro atoms. The normalized spacial score (nSPS) is 23.1. The standard InChI is InChI=1S/C13H18N4O4/c1-8-6-16(7-9(2)15(8)3)12-4-10(13(18)19)11(5-14-12)17(20)21/h4-5,8-9H,6-7H2,1-3H3,(H,18,19). The molecule has 21 heavy (non-hydrogen) atoms. The highest BCUT2D eigenvalue weighted by molar-refractivity contribution is 5.93. The van der Waals surface area contributed by atoms with E-state index in [1.807, 2.05) is 11.9 Å². The van der Waals surface area contributed by atoms with Crippen LogP contribution in [0.3, 0.4) is 0 Å². The second kappa shape index (κ2) is 5.65. The Balaban J connectivity index is 2.35. The lowest BCUT2D eigenvalue weighted by molar-refractivity contribution is -0.385. The molecular formula is C13H18N4O4. The first kappa shape index (κ1) is 15.2. The monoisotopic (exact) mass is 294 g/mol. The van der Waals surface area contributed by atoms with Crippen LogP contribution < -0.4 is 4.90 Å². The number of anilines is 1. The molecule has 8 heteroatoms. The molecule has 8 nitrogen and oxygen atoms in total. The van der Waals surface area contributed by atoms with E-state index >= 15 is 0 Å². The number of carbonyl (C=O) groups is 1. The quantitative estimate of drug-likeness (QED) is 0.660. The second-order valence-corrected chi connectivity index (χ2v) is 5.39. The number of nitrogens with zero attached hydrogens (tertiary/aromatic N) is 4. The predicted molar refractivity (Wildman–Crippen MR) is 76.8 cm³/mol. The molecule has 2 unspecified atom stereocenters. The van der Waals surface area contributed by atoms with E-state index in [-0.39, 0.29) is 5.56 Å². The van der Waals surface area contributed by atoms with Gasteiger partial charge in [-0.15, -0.1) is 0 Å². The topological polar surface area (TPSA) is 99.8 Å². The third kappa shape index (κ3) is 2.94. The third-order valence-electron chi connectivity index (χ3n) is 3.98. The molecule has 1 aromatic heterocycles. The maximum absolute atomic E-state index is 11.2. The van der Waals surface area contributed by atoms with Gasteiger partial charge in [0.05, 0.1) is 4.92 Å². The molecule has 2 atom stereocenters. The molecule has 1 aliphatic heterocycles. The summed E-state index contributed by atoms with van der Waals surface area (Å²) in [5, 5.41) is 20.0. The van der Waals surface area contributed by atoms with Crippen LogP contribution in [0.1, 0.15) is 24.2 Å². The molecule has 0 radical (unpaired) electrons. The van der Waals surface area contributed by atoms with Crippen LogP contribution in [0.5, 0.6) is 0 Å². The molecular weight excluding hydrogens is 276 g/mol. The number of carboxylic acid groups (broad SMARTS) is 1. The molecule has 114 valence electrons. The lowest BCUT2D eigenvalue weighted by Gasteiger charge is -2.43. The van der Waals surface area contributed by atoms with Crippen molar-refractivity contribution in [3.8, 4) is 0 Å². The minimum absolute atomic E-state index is 0.291. The van der Waals surface area contributed by atoms with Gasteiger partial charge in [0.15, 0.2) is 0 Å². The smallest absolute Gasteiger partial charge is 0.342 e. The fourth-order valence-corrected chi connectivity index (χ4v) is 2.52. The second-order valence-electron chi connectivity index (χ2n) is 5.39. The summed E-state index contributed by atoms with van der Waals surface area (Å²) in [6, 6.07) is 1.86. The molecule has 0 bridgehead atoms. The molecule has 2 rings (SSSR count). The lowest BCUT2D eigenvalue weighted by atomic mass is 10.1. The van der Waals surface area contributed by atoms with Crippen LogP contribution in [0.25, 0.3) is 0 Å². The zero-order valence-corrected chi connectivity index (χ0v) is 12.2. The van der Waals surface area contributed by atoms with Crippen LogP contribution in [0, 0.1) is 10.1 Å². The van der Waals surface area contributed by atoms with E-state index < -0.39 is 16.6 Å². The SMILES string of the molecule is CC1CN(c2cc(C(=O)O)c([N+](=O)[O-])cn2)CC(C)N1C. The fourth-order valence-electron chi connectivity index (χ4n) is 2.52. The van der Waals surface area contributed by atoms with Gasteiger partial charge in [-0.05, 0) is 20.9 Å². The molecule has 0 aliphatic carbocycles. The number of hydrogen-bond acceptors (Lipinski definition) is 6. The Morgan fingerprint density at radius 3 is 2.48 bits per heavy atom. The highest BCUT2D eigenvalue weighted by Gasteiger charge is 2.29. The molecule has 0 amide bonds. The molecule has 2 heterocycles. The number of carboxylic acids is 1. The van der Waals surface area contributed by atoms with E-state index in [0.717, 1.165) is 6.20 Å². The molecule has 1 fully saturated rings. The summed E-state index contributed by atoms with van der Waals surface area (Å²) < 4.78 is 0. The van der Waals surface area contributed by atoms with Gasteiger partial charge < -0.3 is 10.0 Å². The van der Waals surface area contributed by atoms with Gasteiger partial charge in [-0.3, -0.25) is 15.0 Å². The fraction of sp³-hybridized carbons (Fsp3) is 0.538. The average Bonchev–Trinajstić information content (AvgIpc) is 2.43. The Bertz CT molecular complexity index is 565. The Labute approximate surface area is 122 Å². The largest absolute Gasteiger partial charge is 0.477 e. The van der Waals surface area contributed by atoms with Gasteiger partial charge >= 0.3 is 11.7 Å². The minimum Gasteiger partial charge on any atom is -0.477 e. The Kier molecular flexibility index (Phi) is 4.08. The summed E-state index contributed by atoms with van der Waals surface area (Å²) >= 11 is 0. The summed E-state index contributed by atoms with van der Waals surface area (Å²) in [5.41, 5.74) is -0.814. The summed E-state index contributed by atoms with van der Waals surface area (Å²) in [7, 11) is 2.04. The zero-order valence-electron chi connectivity index (χ0n) is 12.2. The van der Waals surface area contributed by atoms with Crippen molar-refractivity contribution < 1.29 is 14.8 Å². The van der Waals surface area contributed by atoms with Crippen molar-refractivity contribution in [1.82, 2.24) is 9.88 Å². The van der Waals surface area contributed by atoms with Crippen LogP contribution in [-0.4, -0.2) is 58.1 Å². The van der Waals surface area contributed by atoms with Crippen molar-refractivity contribution in [2.45, 2.75) is 25.9 Å². The molecule has 1 aromatic rings. The van der Waals surface area contributed by atoms with E-state index in [1.165, 1.54) is 6.07 Å². The van der Waals surface area contributed by atoms with Crippen LogP contribution in [-0.2, 0) is 0 Å². The van der Waals surface area contributed by atoms with Gasteiger partial charge in [0.2, 0.25) is 0 Å². The first-order valence-electron chi connectivity index (χ1n) is 6.66. The van der Waals surface area contributed by atoms with E-state index in [1.54, 1.807) is 0 Å². The van der Waals surface area contributed by atoms with Crippen molar-refractivity contribution in [3.63, 3.8) is 0 Å². The molecule has 1 saturated heterocycles. The van der Waals surface area contributed by atoms with Crippen LogP contribution >= 0.6 is 0 Å². The third-order valence-corrected chi connectivity index (χ3v) is 3.98. The number of likely N-dealkylation sites (N-methyl/N-ethyl adjacent to an activating group) is 1. The van der Waals surface area contributed by atoms with Crippen molar-refractivity contribution in [3.05, 3.63) is 27.9 Å². The van der Waals surface area contributed by atoms with Crippen molar-refractivity contribution in [2.75, 3.05) is 25.0 Å². The lowest BCUT2D eigenvalue weighted by Crippen LogP contribution is -2.55. The highest BCUT2D eigenvalue weighted by atomic mass is 16.6. The van der Waals surface area contributed by atoms with Gasteiger partial charge in [0.1, 0.15) is 17.6 Å². The molecule has 0 aromatic carbocycles. The Morgan fingerprint density at radius 2 is 2.00 bits per heavy atom. The molecule has 0 saturated carbocycles. The van der Waals surface area contributed by atoms with Crippen molar-refractivity contribution in [2.24, 2.45) is 0 Å². The number of hydrogen-bond donors (Lipinski definition) is 1. The van der Waals surface area contributed by atoms with Gasteiger partial charge in [-0.1, -0.05) is 0 Å². The maximum Gasteiger partial charge on any atom is 0.342 e. The summed E-state index contributed by atoms with van der Waals surface area (Å²) in [5.74, 6) is -0.856. The molecule has 1 N–H and O–H groups in total. The summed E-state index contributed by atoms with van der Waals surface area (Å²) in [6.45, 7) is 5.55. The van der Waals surface area contributed by atoms with E-state index in [2.05, 4.69) is 23.7 Å². The van der Waals surface area contributed by atoms with Gasteiger partial charge in [-0.25, -0.2) is 9.78 Å². The van der Waals surface area contributed by atoms with Gasteiger partial charge in [-0.2, -0.15) is 0 Å². The summed E-state index contributed by atoms with van der Waals surface area (Å²) in [4.78, 5) is 29.6. The van der Waals surface area contributed by atoms with Crippen molar-refractivity contribution in [1.29, 1.82) is 0 Å². The molecule has 1 aliphatic rings. The highest BCUT2D eigenvalue weighted by Crippen LogP contribution is 2.25. The first-order valence-corrected chi connectivity index (χ1v) is 6.66. The average molecular weight is 294 g/mol. The minimum atomic E-state index is -1.32. The summed E-state index contributed by atoms with van der Waals surface area (Å²) in [6.07, 6.45) is 1.02. The van der Waals surface area contributed by atoms with E-state index in [9.17, 15) is 14.9 Å². The first-order chi connectivity index (χ1) is 9.81. The Hall–Kier alpha value is -2.22. The van der Waals surface area contributed by atoms with Crippen LogP contribution in [0.2, 0.25) is 0 Å². The number of pyridine rings is 1. The van der Waals surface area contributed by atoms with E-state index in [0.29, 0.717) is 31.0 Å². The number of piperazine rings is 1. The van der Waals surface area contributed by atoms with Gasteiger partial charge in [0.25, 0.3) is 0 Å².